The number of nitrogens with two attached hydrogens (primary N) is 1. The molecule has 0 atom stereocenters. The van der Waals surface area contributed by atoms with Crippen molar-refractivity contribution in [1.29, 1.82) is 0 Å². The number of nitrogens with one attached hydrogen (secondary N) is 2. The van der Waals surface area contributed by atoms with Crippen molar-refractivity contribution in [1.82, 2.24) is 0 Å². The number of halogens is 3. The first-order valence-electron chi connectivity index (χ1n) is 9.17. The van der Waals surface area contributed by atoms with Crippen LogP contribution in [0.25, 0.3) is 11.1 Å². The minimum atomic E-state index is -3.72. The highest BCUT2D eigenvalue weighted by molar-refractivity contribution is 7.93. The van der Waals surface area contributed by atoms with E-state index in [0.717, 1.165) is 17.7 Å². The number of nitrogen functional groups attached to an aromatic ring is 1. The van der Waals surface area contributed by atoms with Crippen molar-refractivity contribution in [3.63, 3.8) is 0 Å². The molecule has 0 saturated heterocycles. The van der Waals surface area contributed by atoms with Gasteiger partial charge < -0.3 is 11.1 Å². The maximum atomic E-state index is 14.7. The molecular weight excluding hydrogens is 415 g/mol. The summed E-state index contributed by atoms with van der Waals surface area (Å²) < 4.78 is 69.6. The lowest BCUT2D eigenvalue weighted by Gasteiger charge is -2.16. The SMILES string of the molecule is Nc1ccc(-c2ccc(Nc3c(NS(=O)(=O)C4CC4)ccc(F)c3F)c(F)c2)cc1. The van der Waals surface area contributed by atoms with Crippen LogP contribution in [0.1, 0.15) is 12.8 Å². The lowest BCUT2D eigenvalue weighted by atomic mass is 10.0. The van der Waals surface area contributed by atoms with E-state index in [0.29, 0.717) is 24.1 Å². The zero-order chi connectivity index (χ0) is 21.5. The van der Waals surface area contributed by atoms with Gasteiger partial charge in [-0.05, 0) is 60.4 Å². The fourth-order valence-corrected chi connectivity index (χ4v) is 4.38. The molecule has 0 aliphatic heterocycles. The minimum absolute atomic E-state index is 0.134. The number of benzene rings is 3. The van der Waals surface area contributed by atoms with Crippen LogP contribution in [-0.4, -0.2) is 13.7 Å². The van der Waals surface area contributed by atoms with E-state index < -0.39 is 38.4 Å². The van der Waals surface area contributed by atoms with Gasteiger partial charge in [0.1, 0.15) is 11.5 Å². The average molecular weight is 433 g/mol. The van der Waals surface area contributed by atoms with Crippen LogP contribution in [-0.2, 0) is 10.0 Å². The Kier molecular flexibility index (Phi) is 5.07. The molecule has 9 heteroatoms. The standard InChI is InChI=1S/C21H18F3N3O2S/c22-16-8-10-19(27-30(28,29)15-6-7-15)21(20(16)24)26-18-9-3-13(11-17(18)23)12-1-4-14(25)5-2-12/h1-5,8-11,15,26-27H,6-7,25H2. The average Bonchev–Trinajstić information content (AvgIpc) is 3.55. The number of sulfonamides is 1. The van der Waals surface area contributed by atoms with Crippen LogP contribution in [0.3, 0.4) is 0 Å². The summed E-state index contributed by atoms with van der Waals surface area (Å²) in [6, 6.07) is 12.9. The van der Waals surface area contributed by atoms with Crippen molar-refractivity contribution in [2.24, 2.45) is 0 Å². The molecule has 30 heavy (non-hydrogen) atoms. The Morgan fingerprint density at radius 1 is 0.833 bits per heavy atom. The smallest absolute Gasteiger partial charge is 0.235 e. The second-order valence-electron chi connectivity index (χ2n) is 7.07. The summed E-state index contributed by atoms with van der Waals surface area (Å²) >= 11 is 0. The Balaban J connectivity index is 1.66. The molecule has 156 valence electrons. The van der Waals surface area contributed by atoms with Crippen LogP contribution in [0, 0.1) is 17.5 Å². The molecule has 1 aliphatic carbocycles. The first-order valence-corrected chi connectivity index (χ1v) is 10.7. The summed E-state index contributed by atoms with van der Waals surface area (Å²) in [7, 11) is -3.72. The molecule has 3 aromatic carbocycles. The lowest BCUT2D eigenvalue weighted by molar-refractivity contribution is 0.512. The van der Waals surface area contributed by atoms with Crippen LogP contribution < -0.4 is 15.8 Å². The molecule has 0 amide bonds. The zero-order valence-corrected chi connectivity index (χ0v) is 16.4. The van der Waals surface area contributed by atoms with E-state index in [4.69, 9.17) is 5.73 Å². The van der Waals surface area contributed by atoms with E-state index >= 15 is 0 Å². The molecular formula is C21H18F3N3O2S. The Morgan fingerprint density at radius 2 is 1.47 bits per heavy atom. The van der Waals surface area contributed by atoms with Crippen LogP contribution >= 0.6 is 0 Å². The van der Waals surface area contributed by atoms with Crippen LogP contribution in [0.4, 0.5) is 35.9 Å². The van der Waals surface area contributed by atoms with E-state index in [2.05, 4.69) is 10.0 Å². The quantitative estimate of drug-likeness (QED) is 0.478. The molecule has 1 aliphatic rings. The molecule has 4 rings (SSSR count). The fourth-order valence-electron chi connectivity index (χ4n) is 2.98. The first-order chi connectivity index (χ1) is 14.2. The number of hydrogen-bond donors (Lipinski definition) is 3. The lowest BCUT2D eigenvalue weighted by Crippen LogP contribution is -2.18. The van der Waals surface area contributed by atoms with Crippen molar-refractivity contribution in [3.8, 4) is 11.1 Å². The topological polar surface area (TPSA) is 84.2 Å². The summed E-state index contributed by atoms with van der Waals surface area (Å²) in [4.78, 5) is 0. The van der Waals surface area contributed by atoms with Crippen molar-refractivity contribution in [3.05, 3.63) is 72.0 Å². The van der Waals surface area contributed by atoms with Crippen LogP contribution in [0.15, 0.2) is 54.6 Å². The van der Waals surface area contributed by atoms with Gasteiger partial charge in [-0.25, -0.2) is 21.6 Å². The van der Waals surface area contributed by atoms with Gasteiger partial charge in [0.25, 0.3) is 0 Å². The predicted octanol–water partition coefficient (Wildman–Crippen LogP) is 5.00. The second-order valence-corrected chi connectivity index (χ2v) is 9.03. The van der Waals surface area contributed by atoms with Crippen molar-refractivity contribution in [2.75, 3.05) is 15.8 Å². The maximum absolute atomic E-state index is 14.7. The van der Waals surface area contributed by atoms with Gasteiger partial charge in [0, 0.05) is 5.69 Å². The molecule has 0 unspecified atom stereocenters. The number of anilines is 4. The fraction of sp³-hybridized carbons (Fsp3) is 0.143. The highest BCUT2D eigenvalue weighted by atomic mass is 32.2. The zero-order valence-electron chi connectivity index (χ0n) is 15.6. The highest BCUT2D eigenvalue weighted by Crippen LogP contribution is 2.36. The number of hydrogen-bond acceptors (Lipinski definition) is 4. The highest BCUT2D eigenvalue weighted by Gasteiger charge is 2.36. The second kappa shape index (κ2) is 7.56. The third-order valence-electron chi connectivity index (χ3n) is 4.78. The van der Waals surface area contributed by atoms with Gasteiger partial charge >= 0.3 is 0 Å². The van der Waals surface area contributed by atoms with Gasteiger partial charge in [-0.1, -0.05) is 18.2 Å². The van der Waals surface area contributed by atoms with E-state index in [9.17, 15) is 21.6 Å². The third-order valence-corrected chi connectivity index (χ3v) is 6.64. The first kappa shape index (κ1) is 20.1. The summed E-state index contributed by atoms with van der Waals surface area (Å²) in [6.45, 7) is 0. The molecule has 3 aromatic rings. The Labute approximate surface area is 171 Å². The van der Waals surface area contributed by atoms with E-state index in [1.807, 2.05) is 0 Å². The van der Waals surface area contributed by atoms with Gasteiger partial charge in [-0.15, -0.1) is 0 Å². The molecule has 0 aromatic heterocycles. The van der Waals surface area contributed by atoms with Gasteiger partial charge in [0.15, 0.2) is 11.6 Å². The Bertz CT molecular complexity index is 1210. The van der Waals surface area contributed by atoms with Crippen LogP contribution in [0.5, 0.6) is 0 Å². The van der Waals surface area contributed by atoms with Crippen molar-refractivity contribution in [2.45, 2.75) is 18.1 Å². The Morgan fingerprint density at radius 3 is 2.10 bits per heavy atom. The molecule has 4 N–H and O–H groups in total. The minimum Gasteiger partial charge on any atom is -0.399 e. The molecule has 0 spiro atoms. The van der Waals surface area contributed by atoms with E-state index in [-0.39, 0.29) is 11.4 Å². The maximum Gasteiger partial charge on any atom is 0.235 e. The number of rotatable bonds is 6. The summed E-state index contributed by atoms with van der Waals surface area (Å²) in [6.07, 6.45) is 1.01. The van der Waals surface area contributed by atoms with Crippen molar-refractivity contribution < 1.29 is 21.6 Å². The molecule has 1 saturated carbocycles. The molecule has 0 radical (unpaired) electrons. The van der Waals surface area contributed by atoms with Gasteiger partial charge in [0.2, 0.25) is 10.0 Å². The molecule has 1 fully saturated rings. The molecule has 0 heterocycles. The van der Waals surface area contributed by atoms with Gasteiger partial charge in [0.05, 0.1) is 16.6 Å². The normalized spacial score (nSPS) is 13.8. The monoisotopic (exact) mass is 433 g/mol. The van der Waals surface area contributed by atoms with Crippen molar-refractivity contribution >= 4 is 32.8 Å². The van der Waals surface area contributed by atoms with Crippen LogP contribution in [0.2, 0.25) is 0 Å². The molecule has 0 bridgehead atoms. The third kappa shape index (κ3) is 4.06. The van der Waals surface area contributed by atoms with E-state index in [1.165, 1.54) is 12.1 Å². The Hall–Kier alpha value is -3.20. The predicted molar refractivity (Wildman–Crippen MR) is 111 cm³/mol. The van der Waals surface area contributed by atoms with Gasteiger partial charge in [-0.2, -0.15) is 0 Å². The largest absolute Gasteiger partial charge is 0.399 e. The van der Waals surface area contributed by atoms with Gasteiger partial charge in [-0.3, -0.25) is 4.72 Å². The summed E-state index contributed by atoms with van der Waals surface area (Å²) in [5, 5.41) is 1.92. The molecule has 5 nitrogen and oxygen atoms in total. The summed E-state index contributed by atoms with van der Waals surface area (Å²) in [5.74, 6) is -3.22. The summed E-state index contributed by atoms with van der Waals surface area (Å²) in [5.41, 5.74) is 6.70. The van der Waals surface area contributed by atoms with E-state index in [1.54, 1.807) is 30.3 Å².